The minimum atomic E-state index is -0.714. The SMILES string of the molecule is CCOc1ccc(NC2CCCN(c3nnc(C(N)=O)c(Nc4ccc(C(=N)N(C)C)cc4)n3)C2)cc1. The normalized spacial score (nSPS) is 15.1. The quantitative estimate of drug-likeness (QED) is 0.256. The molecule has 3 aromatic rings. The van der Waals surface area contributed by atoms with Crippen molar-refractivity contribution in [3.05, 3.63) is 59.8 Å². The molecule has 1 aromatic heterocycles. The van der Waals surface area contributed by atoms with E-state index in [4.69, 9.17) is 15.9 Å². The number of ether oxygens (including phenoxy) is 1. The van der Waals surface area contributed by atoms with Gasteiger partial charge in [0.2, 0.25) is 5.95 Å². The summed E-state index contributed by atoms with van der Waals surface area (Å²) in [6, 6.07) is 15.4. The van der Waals surface area contributed by atoms with E-state index >= 15 is 0 Å². The average molecular weight is 504 g/mol. The van der Waals surface area contributed by atoms with Gasteiger partial charge >= 0.3 is 0 Å². The zero-order valence-electron chi connectivity index (χ0n) is 21.4. The Morgan fingerprint density at radius 2 is 1.84 bits per heavy atom. The molecule has 0 bridgehead atoms. The Hall–Kier alpha value is -4.41. The second kappa shape index (κ2) is 11.5. The van der Waals surface area contributed by atoms with Crippen LogP contribution in [-0.4, -0.2) is 71.7 Å². The second-order valence-corrected chi connectivity index (χ2v) is 9.01. The van der Waals surface area contributed by atoms with Crippen LogP contribution in [0.1, 0.15) is 35.8 Å². The van der Waals surface area contributed by atoms with Crippen LogP contribution in [0.4, 0.5) is 23.1 Å². The smallest absolute Gasteiger partial charge is 0.273 e. The molecule has 1 unspecified atom stereocenters. The zero-order chi connectivity index (χ0) is 26.4. The molecule has 11 heteroatoms. The van der Waals surface area contributed by atoms with Crippen molar-refractivity contribution in [2.75, 3.05) is 49.3 Å². The molecule has 5 N–H and O–H groups in total. The molecule has 0 radical (unpaired) electrons. The Morgan fingerprint density at radius 3 is 2.49 bits per heavy atom. The van der Waals surface area contributed by atoms with E-state index in [2.05, 4.69) is 30.7 Å². The number of primary amides is 1. The van der Waals surface area contributed by atoms with Gasteiger partial charge in [-0.3, -0.25) is 10.2 Å². The minimum absolute atomic E-state index is 0.0325. The highest BCUT2D eigenvalue weighted by Gasteiger charge is 2.24. The summed E-state index contributed by atoms with van der Waals surface area (Å²) in [5.41, 5.74) is 7.99. The Kier molecular flexibility index (Phi) is 8.02. The van der Waals surface area contributed by atoms with E-state index in [1.165, 1.54) is 0 Å². The molecule has 0 spiro atoms. The van der Waals surface area contributed by atoms with Gasteiger partial charge in [0.25, 0.3) is 5.91 Å². The van der Waals surface area contributed by atoms with Gasteiger partial charge in [0.15, 0.2) is 11.5 Å². The van der Waals surface area contributed by atoms with Crippen molar-refractivity contribution in [1.82, 2.24) is 20.1 Å². The molecule has 1 aliphatic rings. The number of aromatic nitrogens is 3. The number of amides is 1. The molecule has 2 heterocycles. The molecular formula is C26H33N9O2. The third-order valence-corrected chi connectivity index (χ3v) is 6.02. The number of anilines is 4. The summed E-state index contributed by atoms with van der Waals surface area (Å²) in [4.78, 5) is 20.4. The number of hydrogen-bond acceptors (Lipinski definition) is 9. The standard InChI is InChI=1S/C26H33N9O2/c1-4-37-21-13-11-18(12-14-21)29-20-6-5-15-35(16-20)26-31-25(22(24(28)36)32-33-26)30-19-9-7-17(8-10-19)23(27)34(2)3/h7-14,20,27,29H,4-6,15-16H2,1-3H3,(H2,28,36)(H,30,31,33). The third kappa shape index (κ3) is 6.43. The summed E-state index contributed by atoms with van der Waals surface area (Å²) in [6.07, 6.45) is 1.97. The lowest BCUT2D eigenvalue weighted by atomic mass is 10.1. The highest BCUT2D eigenvalue weighted by molar-refractivity contribution is 5.97. The molecule has 4 rings (SSSR count). The van der Waals surface area contributed by atoms with Crippen LogP contribution in [0, 0.1) is 5.41 Å². The van der Waals surface area contributed by atoms with Crippen LogP contribution in [-0.2, 0) is 0 Å². The van der Waals surface area contributed by atoms with E-state index in [0.717, 1.165) is 36.4 Å². The van der Waals surface area contributed by atoms with E-state index < -0.39 is 5.91 Å². The van der Waals surface area contributed by atoms with Gasteiger partial charge in [0.05, 0.1) is 6.61 Å². The van der Waals surface area contributed by atoms with Crippen LogP contribution in [0.25, 0.3) is 0 Å². The van der Waals surface area contributed by atoms with Crippen LogP contribution in [0.15, 0.2) is 48.5 Å². The summed E-state index contributed by atoms with van der Waals surface area (Å²) in [7, 11) is 3.64. The van der Waals surface area contributed by atoms with E-state index in [-0.39, 0.29) is 17.6 Å². The van der Waals surface area contributed by atoms with Crippen molar-refractivity contribution in [2.45, 2.75) is 25.8 Å². The maximum Gasteiger partial charge on any atom is 0.273 e. The number of piperidine rings is 1. The van der Waals surface area contributed by atoms with Crippen LogP contribution in [0.2, 0.25) is 0 Å². The minimum Gasteiger partial charge on any atom is -0.494 e. The molecule has 1 amide bonds. The number of carbonyl (C=O) groups is 1. The average Bonchev–Trinajstić information content (AvgIpc) is 2.90. The topological polar surface area (TPSA) is 145 Å². The zero-order valence-corrected chi connectivity index (χ0v) is 21.4. The van der Waals surface area contributed by atoms with Crippen LogP contribution < -0.4 is 26.0 Å². The number of rotatable bonds is 9. The van der Waals surface area contributed by atoms with Crippen molar-refractivity contribution in [3.63, 3.8) is 0 Å². The van der Waals surface area contributed by atoms with Crippen LogP contribution >= 0.6 is 0 Å². The molecular weight excluding hydrogens is 470 g/mol. The monoisotopic (exact) mass is 503 g/mol. The number of hydrogen-bond donors (Lipinski definition) is 4. The van der Waals surface area contributed by atoms with Crippen LogP contribution in [0.5, 0.6) is 5.75 Å². The molecule has 1 atom stereocenters. The fourth-order valence-corrected chi connectivity index (χ4v) is 4.14. The number of nitrogens with zero attached hydrogens (tertiary/aromatic N) is 5. The Labute approximate surface area is 216 Å². The van der Waals surface area contributed by atoms with E-state index in [1.807, 2.05) is 69.6 Å². The lowest BCUT2D eigenvalue weighted by Crippen LogP contribution is -2.43. The first-order valence-corrected chi connectivity index (χ1v) is 12.3. The predicted molar refractivity (Wildman–Crippen MR) is 145 cm³/mol. The molecule has 11 nitrogen and oxygen atoms in total. The molecule has 0 aliphatic carbocycles. The summed E-state index contributed by atoms with van der Waals surface area (Å²) in [5, 5.41) is 23.1. The van der Waals surface area contributed by atoms with Gasteiger partial charge in [-0.05, 0) is 68.3 Å². The van der Waals surface area contributed by atoms with E-state index in [1.54, 1.807) is 4.90 Å². The van der Waals surface area contributed by atoms with Crippen molar-refractivity contribution < 1.29 is 9.53 Å². The second-order valence-electron chi connectivity index (χ2n) is 9.01. The Morgan fingerprint density at radius 1 is 1.14 bits per heavy atom. The predicted octanol–water partition coefficient (Wildman–Crippen LogP) is 3.08. The third-order valence-electron chi connectivity index (χ3n) is 6.02. The first-order valence-electron chi connectivity index (χ1n) is 12.3. The lowest BCUT2D eigenvalue weighted by molar-refractivity contribution is 0.0995. The van der Waals surface area contributed by atoms with Gasteiger partial charge in [0, 0.05) is 50.2 Å². The number of carbonyl (C=O) groups excluding carboxylic acids is 1. The Balaban J connectivity index is 1.48. The summed E-state index contributed by atoms with van der Waals surface area (Å²) < 4.78 is 5.52. The summed E-state index contributed by atoms with van der Waals surface area (Å²) in [6.45, 7) is 4.06. The largest absolute Gasteiger partial charge is 0.494 e. The summed E-state index contributed by atoms with van der Waals surface area (Å²) >= 11 is 0. The maximum absolute atomic E-state index is 12.0. The molecule has 1 fully saturated rings. The fraction of sp³-hybridized carbons (Fsp3) is 0.346. The van der Waals surface area contributed by atoms with Gasteiger partial charge in [-0.25, -0.2) is 0 Å². The van der Waals surface area contributed by atoms with Gasteiger partial charge in [-0.15, -0.1) is 10.2 Å². The molecule has 1 aliphatic heterocycles. The molecule has 1 saturated heterocycles. The molecule has 37 heavy (non-hydrogen) atoms. The molecule has 0 saturated carbocycles. The van der Waals surface area contributed by atoms with E-state index in [0.29, 0.717) is 30.6 Å². The highest BCUT2D eigenvalue weighted by atomic mass is 16.5. The van der Waals surface area contributed by atoms with Crippen molar-refractivity contribution in [2.24, 2.45) is 5.73 Å². The van der Waals surface area contributed by atoms with Crippen LogP contribution in [0.3, 0.4) is 0 Å². The van der Waals surface area contributed by atoms with Gasteiger partial charge in [-0.1, -0.05) is 0 Å². The fourth-order valence-electron chi connectivity index (χ4n) is 4.14. The summed E-state index contributed by atoms with van der Waals surface area (Å²) in [5.74, 6) is 1.20. The molecule has 2 aromatic carbocycles. The van der Waals surface area contributed by atoms with Gasteiger partial charge < -0.3 is 30.9 Å². The van der Waals surface area contributed by atoms with Gasteiger partial charge in [-0.2, -0.15) is 4.98 Å². The molecule has 194 valence electrons. The van der Waals surface area contributed by atoms with Crippen molar-refractivity contribution >= 4 is 34.9 Å². The van der Waals surface area contributed by atoms with E-state index in [9.17, 15) is 4.79 Å². The number of nitrogens with one attached hydrogen (secondary N) is 3. The van der Waals surface area contributed by atoms with Crippen molar-refractivity contribution in [1.29, 1.82) is 5.41 Å². The first kappa shape index (κ1) is 25.7. The highest BCUT2D eigenvalue weighted by Crippen LogP contribution is 2.24. The van der Waals surface area contributed by atoms with Crippen molar-refractivity contribution in [3.8, 4) is 5.75 Å². The Bertz CT molecular complexity index is 1230. The first-order chi connectivity index (χ1) is 17.8. The van der Waals surface area contributed by atoms with Gasteiger partial charge in [0.1, 0.15) is 11.6 Å². The number of amidine groups is 1. The maximum atomic E-state index is 12.0. The lowest BCUT2D eigenvalue weighted by Gasteiger charge is -2.33. The number of nitrogens with two attached hydrogens (primary N) is 1. The number of benzene rings is 2.